The number of benzene rings is 3. The molecule has 0 bridgehead atoms. The Labute approximate surface area is 224 Å². The summed E-state index contributed by atoms with van der Waals surface area (Å²) in [5.41, 5.74) is 1.39. The Bertz CT molecular complexity index is 1060. The number of ether oxygens (including phenoxy) is 2. The van der Waals surface area contributed by atoms with Gasteiger partial charge in [-0.1, -0.05) is 13.8 Å². The molecule has 0 spiro atoms. The van der Waals surface area contributed by atoms with Crippen LogP contribution in [0.1, 0.15) is 39.5 Å². The van der Waals surface area contributed by atoms with Crippen molar-refractivity contribution in [1.82, 2.24) is 10.6 Å². The van der Waals surface area contributed by atoms with Crippen molar-refractivity contribution < 1.29 is 18.3 Å². The van der Waals surface area contributed by atoms with Crippen LogP contribution in [0.15, 0.2) is 60.7 Å². The zero-order valence-electron chi connectivity index (χ0n) is 22.2. The molecule has 3 aromatic rings. The smallest absolute Gasteiger partial charge is 0.132 e. The number of hydrogen-bond acceptors (Lipinski definition) is 6. The molecule has 38 heavy (non-hydrogen) atoms. The Kier molecular flexibility index (Phi) is 10.2. The molecule has 6 nitrogen and oxygen atoms in total. The number of piperidine rings is 2. The Morgan fingerprint density at radius 3 is 1.42 bits per heavy atom. The first-order valence-corrected chi connectivity index (χ1v) is 13.6. The van der Waals surface area contributed by atoms with E-state index in [-0.39, 0.29) is 23.7 Å². The van der Waals surface area contributed by atoms with Crippen LogP contribution >= 0.6 is 0 Å². The van der Waals surface area contributed by atoms with Gasteiger partial charge in [-0.05, 0) is 75.2 Å². The summed E-state index contributed by atoms with van der Waals surface area (Å²) in [6.45, 7) is 7.75. The Morgan fingerprint density at radius 2 is 1.05 bits per heavy atom. The summed E-state index contributed by atoms with van der Waals surface area (Å²) < 4.78 is 40.2. The highest BCUT2D eigenvalue weighted by atomic mass is 19.1. The van der Waals surface area contributed by atoms with Crippen LogP contribution in [-0.2, 0) is 0 Å². The van der Waals surface area contributed by atoms with Crippen molar-refractivity contribution >= 4 is 11.4 Å². The van der Waals surface area contributed by atoms with Gasteiger partial charge in [0.15, 0.2) is 0 Å². The summed E-state index contributed by atoms with van der Waals surface area (Å²) in [7, 11) is 0. The fourth-order valence-electron chi connectivity index (χ4n) is 4.68. The molecule has 0 aliphatic carbocycles. The first-order valence-electron chi connectivity index (χ1n) is 13.6. The highest BCUT2D eigenvalue weighted by Crippen LogP contribution is 2.31. The highest BCUT2D eigenvalue weighted by molar-refractivity contribution is 5.52. The van der Waals surface area contributed by atoms with Gasteiger partial charge < -0.3 is 30.7 Å². The van der Waals surface area contributed by atoms with Crippen LogP contribution in [0.5, 0.6) is 23.0 Å². The van der Waals surface area contributed by atoms with Gasteiger partial charge in [-0.2, -0.15) is 0 Å². The molecule has 2 saturated heterocycles. The van der Waals surface area contributed by atoms with Crippen molar-refractivity contribution in [2.75, 3.05) is 36.8 Å². The third-order valence-electron chi connectivity index (χ3n) is 6.37. The molecule has 0 saturated carbocycles. The lowest BCUT2D eigenvalue weighted by Gasteiger charge is -2.25. The molecule has 2 unspecified atom stereocenters. The van der Waals surface area contributed by atoms with E-state index in [1.54, 1.807) is 36.4 Å². The maximum Gasteiger partial charge on any atom is 0.132 e. The number of hydrogen-bond donors (Lipinski definition) is 4. The van der Waals surface area contributed by atoms with Crippen LogP contribution in [0.2, 0.25) is 0 Å². The summed E-state index contributed by atoms with van der Waals surface area (Å²) in [5, 5.41) is 13.4. The minimum Gasteiger partial charge on any atom is -0.457 e. The highest BCUT2D eigenvalue weighted by Gasteiger charge is 2.15. The molecular weight excluding hydrogens is 486 g/mol. The average molecular weight is 525 g/mol. The zero-order valence-corrected chi connectivity index (χ0v) is 22.2. The normalized spacial score (nSPS) is 19.1. The van der Waals surface area contributed by atoms with Gasteiger partial charge in [0.2, 0.25) is 0 Å². The minimum atomic E-state index is -0.363. The molecule has 3 aromatic carbocycles. The van der Waals surface area contributed by atoms with E-state index in [0.29, 0.717) is 34.4 Å². The van der Waals surface area contributed by atoms with E-state index in [2.05, 4.69) is 21.3 Å². The Hall–Kier alpha value is -3.36. The van der Waals surface area contributed by atoms with E-state index >= 15 is 0 Å². The van der Waals surface area contributed by atoms with Crippen molar-refractivity contribution in [2.45, 2.75) is 51.6 Å². The van der Waals surface area contributed by atoms with E-state index in [1.807, 2.05) is 13.8 Å². The lowest BCUT2D eigenvalue weighted by molar-refractivity contribution is 0.462. The van der Waals surface area contributed by atoms with Gasteiger partial charge in [-0.25, -0.2) is 8.78 Å². The molecule has 204 valence electrons. The standard InChI is InChI=1S/C28H32F2N4O2.C2H6/c29-19-11-23(33-21-3-1-9-31-17-21)15-27(13-19)35-25-5-7-26(8-6-25)36-28-14-20(30)12-24(16-28)34-22-4-2-10-32-18-22;1-2/h5-8,11-16,21-22,31-34H,1-4,9-10,17-18H2;1-2H3. The molecule has 5 rings (SSSR count). The second kappa shape index (κ2) is 14.0. The van der Waals surface area contributed by atoms with Crippen molar-refractivity contribution in [3.05, 3.63) is 72.3 Å². The summed E-state index contributed by atoms with van der Waals surface area (Å²) >= 11 is 0. The predicted octanol–water partition coefficient (Wildman–Crippen LogP) is 6.90. The van der Waals surface area contributed by atoms with Gasteiger partial charge in [-0.15, -0.1) is 0 Å². The largest absolute Gasteiger partial charge is 0.457 e. The fraction of sp³-hybridized carbons (Fsp3) is 0.400. The first-order chi connectivity index (χ1) is 18.6. The van der Waals surface area contributed by atoms with Gasteiger partial charge in [0, 0.05) is 60.8 Å². The first kappa shape index (κ1) is 27.7. The molecule has 2 aliphatic rings. The van der Waals surface area contributed by atoms with Gasteiger partial charge >= 0.3 is 0 Å². The topological polar surface area (TPSA) is 66.6 Å². The lowest BCUT2D eigenvalue weighted by atomic mass is 10.1. The van der Waals surface area contributed by atoms with E-state index < -0.39 is 0 Å². The minimum absolute atomic E-state index is 0.266. The van der Waals surface area contributed by atoms with Crippen LogP contribution in [0.4, 0.5) is 20.2 Å². The van der Waals surface area contributed by atoms with Gasteiger partial charge in [0.05, 0.1) is 0 Å². The lowest BCUT2D eigenvalue weighted by Crippen LogP contribution is -2.38. The summed E-state index contributed by atoms with van der Waals surface area (Å²) in [6, 6.07) is 16.8. The van der Waals surface area contributed by atoms with E-state index in [1.165, 1.54) is 24.3 Å². The Morgan fingerprint density at radius 1 is 0.632 bits per heavy atom. The average Bonchev–Trinajstić information content (AvgIpc) is 2.91. The molecule has 8 heteroatoms. The fourth-order valence-corrected chi connectivity index (χ4v) is 4.68. The SMILES string of the molecule is CC.Fc1cc(NC2CCCNC2)cc(Oc2ccc(Oc3cc(F)cc(NC4CCCNC4)c3)cc2)c1. The molecule has 0 aromatic heterocycles. The van der Waals surface area contributed by atoms with Crippen LogP contribution in [-0.4, -0.2) is 38.3 Å². The van der Waals surface area contributed by atoms with E-state index in [9.17, 15) is 8.78 Å². The molecule has 2 aliphatic heterocycles. The molecule has 0 radical (unpaired) electrons. The quantitative estimate of drug-likeness (QED) is 0.257. The third kappa shape index (κ3) is 8.33. The molecule has 4 N–H and O–H groups in total. The van der Waals surface area contributed by atoms with E-state index in [4.69, 9.17) is 9.47 Å². The zero-order chi connectivity index (χ0) is 26.7. The summed E-state index contributed by atoms with van der Waals surface area (Å²) in [4.78, 5) is 0. The predicted molar refractivity (Wildman–Crippen MR) is 150 cm³/mol. The van der Waals surface area contributed by atoms with Gasteiger partial charge in [0.25, 0.3) is 0 Å². The van der Waals surface area contributed by atoms with Crippen LogP contribution < -0.4 is 30.7 Å². The van der Waals surface area contributed by atoms with Crippen molar-refractivity contribution in [3.63, 3.8) is 0 Å². The maximum atomic E-state index is 14.2. The number of anilines is 2. The number of nitrogens with one attached hydrogen (secondary N) is 4. The molecule has 2 heterocycles. The van der Waals surface area contributed by atoms with Crippen molar-refractivity contribution in [3.8, 4) is 23.0 Å². The van der Waals surface area contributed by atoms with Crippen molar-refractivity contribution in [2.24, 2.45) is 0 Å². The van der Waals surface area contributed by atoms with Gasteiger partial charge in [0.1, 0.15) is 34.6 Å². The van der Waals surface area contributed by atoms with Crippen LogP contribution in [0, 0.1) is 11.6 Å². The maximum absolute atomic E-state index is 14.2. The summed E-state index contributed by atoms with van der Waals surface area (Å²) in [5.74, 6) is 1.19. The number of halogens is 2. The number of rotatable bonds is 8. The van der Waals surface area contributed by atoms with Gasteiger partial charge in [-0.3, -0.25) is 0 Å². The van der Waals surface area contributed by atoms with E-state index in [0.717, 1.165) is 51.9 Å². The second-order valence-corrected chi connectivity index (χ2v) is 9.40. The molecule has 2 atom stereocenters. The second-order valence-electron chi connectivity index (χ2n) is 9.40. The van der Waals surface area contributed by atoms with Crippen LogP contribution in [0.3, 0.4) is 0 Å². The monoisotopic (exact) mass is 524 g/mol. The molecule has 2 fully saturated rings. The Balaban J connectivity index is 0.00000164. The summed E-state index contributed by atoms with van der Waals surface area (Å²) in [6.07, 6.45) is 4.27. The molecule has 0 amide bonds. The van der Waals surface area contributed by atoms with Crippen LogP contribution in [0.25, 0.3) is 0 Å². The van der Waals surface area contributed by atoms with Crippen molar-refractivity contribution in [1.29, 1.82) is 0 Å². The third-order valence-corrected chi connectivity index (χ3v) is 6.37. The molecular formula is C30H38F2N4O2.